The lowest BCUT2D eigenvalue weighted by atomic mass is 9.88. The van der Waals surface area contributed by atoms with Crippen molar-refractivity contribution in [3.63, 3.8) is 0 Å². The molecule has 4 unspecified atom stereocenters. The zero-order valence-electron chi connectivity index (χ0n) is 19.9. The van der Waals surface area contributed by atoms with E-state index >= 15 is 0 Å². The summed E-state index contributed by atoms with van der Waals surface area (Å²) in [4.78, 5) is 32.3. The van der Waals surface area contributed by atoms with Gasteiger partial charge in [-0.3, -0.25) is 14.5 Å². The van der Waals surface area contributed by atoms with Crippen molar-refractivity contribution < 1.29 is 14.3 Å². The van der Waals surface area contributed by atoms with E-state index in [0.29, 0.717) is 25.3 Å². The summed E-state index contributed by atoms with van der Waals surface area (Å²) in [5, 5.41) is 3.26. The number of para-hydroxylation sites is 1. The Morgan fingerprint density at radius 1 is 1.28 bits per heavy atom. The number of hydrogen-bond acceptors (Lipinski definition) is 5. The first kappa shape index (κ1) is 22.6. The predicted octanol–water partition coefficient (Wildman–Crippen LogP) is 3.39. The van der Waals surface area contributed by atoms with Gasteiger partial charge < -0.3 is 15.8 Å². The van der Waals surface area contributed by atoms with E-state index < -0.39 is 0 Å². The molecule has 4 atom stereocenters. The number of carbonyl (C=O) groups is 2. The molecule has 7 heteroatoms. The lowest BCUT2D eigenvalue weighted by molar-refractivity contribution is -0.130. The largest absolute Gasteiger partial charge is 0.487 e. The summed E-state index contributed by atoms with van der Waals surface area (Å²) in [5.41, 5.74) is 6.50. The number of nitrogens with one attached hydrogen (secondary N) is 1. The molecule has 32 heavy (non-hydrogen) atoms. The van der Waals surface area contributed by atoms with E-state index in [2.05, 4.69) is 17.2 Å². The standard InChI is InChI=1S/C25H36N4O3/c1-6-25(7-2)13-20(30)29(23(26)28-25)14-17-15(3)21(17)22(31)27-18-12-24(4,5)32-19-11-9-8-10-16(18)19/h8-11,15,17-18,21H,6-7,12-14H2,1-5H3,(H2,26,28)(H,27,31). The zero-order chi connectivity index (χ0) is 23.3. The van der Waals surface area contributed by atoms with Gasteiger partial charge >= 0.3 is 0 Å². The van der Waals surface area contributed by atoms with Gasteiger partial charge in [-0.05, 0) is 44.6 Å². The Kier molecular flexibility index (Phi) is 5.72. The van der Waals surface area contributed by atoms with Crippen LogP contribution in [0.1, 0.15) is 71.9 Å². The van der Waals surface area contributed by atoms with Crippen molar-refractivity contribution in [2.24, 2.45) is 28.5 Å². The molecule has 7 nitrogen and oxygen atoms in total. The number of rotatable bonds is 6. The maximum atomic E-state index is 13.2. The monoisotopic (exact) mass is 440 g/mol. The number of hydrogen-bond donors (Lipinski definition) is 2. The predicted molar refractivity (Wildman–Crippen MR) is 124 cm³/mol. The van der Waals surface area contributed by atoms with Crippen molar-refractivity contribution in [3.8, 4) is 5.75 Å². The van der Waals surface area contributed by atoms with Gasteiger partial charge in [-0.1, -0.05) is 39.0 Å². The molecule has 0 radical (unpaired) electrons. The number of guanidine groups is 1. The molecule has 2 amide bonds. The molecule has 2 aliphatic heterocycles. The third kappa shape index (κ3) is 4.09. The van der Waals surface area contributed by atoms with E-state index in [4.69, 9.17) is 10.5 Å². The minimum Gasteiger partial charge on any atom is -0.487 e. The minimum absolute atomic E-state index is 0.0135. The highest BCUT2D eigenvalue weighted by molar-refractivity contribution is 5.99. The Morgan fingerprint density at radius 2 is 1.97 bits per heavy atom. The second-order valence-corrected chi connectivity index (χ2v) is 10.3. The second kappa shape index (κ2) is 8.09. The molecule has 4 rings (SSSR count). The zero-order valence-corrected chi connectivity index (χ0v) is 19.9. The molecular formula is C25H36N4O3. The fourth-order valence-corrected chi connectivity index (χ4v) is 5.37. The number of benzene rings is 1. The van der Waals surface area contributed by atoms with Gasteiger partial charge in [0.2, 0.25) is 11.8 Å². The lowest BCUT2D eigenvalue weighted by Crippen LogP contribution is -2.52. The van der Waals surface area contributed by atoms with Gasteiger partial charge in [-0.25, -0.2) is 4.99 Å². The van der Waals surface area contributed by atoms with E-state index in [9.17, 15) is 9.59 Å². The quantitative estimate of drug-likeness (QED) is 0.708. The fraction of sp³-hybridized carbons (Fsp3) is 0.640. The Balaban J connectivity index is 1.44. The lowest BCUT2D eigenvalue weighted by Gasteiger charge is -2.38. The summed E-state index contributed by atoms with van der Waals surface area (Å²) in [6.45, 7) is 10.7. The molecule has 0 spiro atoms. The van der Waals surface area contributed by atoms with Crippen molar-refractivity contribution in [2.75, 3.05) is 6.54 Å². The molecule has 2 heterocycles. The van der Waals surface area contributed by atoms with E-state index in [1.165, 1.54) is 0 Å². The Labute approximate surface area is 190 Å². The van der Waals surface area contributed by atoms with Crippen molar-refractivity contribution in [1.82, 2.24) is 10.2 Å². The number of fused-ring (bicyclic) bond motifs is 1. The van der Waals surface area contributed by atoms with Gasteiger partial charge in [0, 0.05) is 24.4 Å². The van der Waals surface area contributed by atoms with Crippen molar-refractivity contribution >= 4 is 17.8 Å². The average Bonchev–Trinajstić information content (AvgIpc) is 3.38. The molecule has 0 saturated heterocycles. The molecule has 0 aromatic heterocycles. The summed E-state index contributed by atoms with van der Waals surface area (Å²) < 4.78 is 6.09. The molecule has 1 fully saturated rings. The number of aliphatic imine (C=N–C) groups is 1. The van der Waals surface area contributed by atoms with Crippen LogP contribution in [0.5, 0.6) is 5.75 Å². The highest BCUT2D eigenvalue weighted by Gasteiger charge is 2.54. The molecule has 3 aliphatic rings. The first-order valence-corrected chi connectivity index (χ1v) is 11.8. The molecule has 1 aliphatic carbocycles. The van der Waals surface area contributed by atoms with Crippen LogP contribution in [0.2, 0.25) is 0 Å². The van der Waals surface area contributed by atoms with Crippen molar-refractivity contribution in [1.29, 1.82) is 0 Å². The third-order valence-electron chi connectivity index (χ3n) is 7.68. The van der Waals surface area contributed by atoms with Crippen LogP contribution in [-0.4, -0.2) is 40.4 Å². The smallest absolute Gasteiger partial charge is 0.231 e. The summed E-state index contributed by atoms with van der Waals surface area (Å²) in [7, 11) is 0. The van der Waals surface area contributed by atoms with Gasteiger partial charge in [-0.15, -0.1) is 0 Å². The van der Waals surface area contributed by atoms with Crippen LogP contribution in [0.25, 0.3) is 0 Å². The van der Waals surface area contributed by atoms with E-state index in [0.717, 1.165) is 24.2 Å². The summed E-state index contributed by atoms with van der Waals surface area (Å²) in [6.07, 6.45) is 2.67. The minimum atomic E-state index is -0.382. The van der Waals surface area contributed by atoms with Gasteiger partial charge in [0.15, 0.2) is 5.96 Å². The SMILES string of the molecule is CCC1(CC)CC(=O)N(CC2C(C)C2C(=O)NC2CC(C)(C)Oc3ccccc32)C(N)=N1. The number of amides is 2. The van der Waals surface area contributed by atoms with Gasteiger partial charge in [-0.2, -0.15) is 0 Å². The molecule has 1 saturated carbocycles. The van der Waals surface area contributed by atoms with Crippen LogP contribution in [0.3, 0.4) is 0 Å². The summed E-state index contributed by atoms with van der Waals surface area (Å²) in [6, 6.07) is 7.80. The van der Waals surface area contributed by atoms with Crippen LogP contribution in [0, 0.1) is 17.8 Å². The van der Waals surface area contributed by atoms with Gasteiger partial charge in [0.1, 0.15) is 11.4 Å². The van der Waals surface area contributed by atoms with Crippen molar-refractivity contribution in [2.45, 2.75) is 77.5 Å². The first-order chi connectivity index (χ1) is 15.1. The number of carbonyl (C=O) groups excluding carboxylic acids is 2. The molecular weight excluding hydrogens is 404 g/mol. The molecule has 3 N–H and O–H groups in total. The summed E-state index contributed by atoms with van der Waals surface area (Å²) in [5.74, 6) is 1.33. The molecule has 1 aromatic rings. The topological polar surface area (TPSA) is 97.0 Å². The number of ether oxygens (including phenoxy) is 1. The Bertz CT molecular complexity index is 937. The van der Waals surface area contributed by atoms with Crippen LogP contribution >= 0.6 is 0 Å². The van der Waals surface area contributed by atoms with Crippen LogP contribution in [0.4, 0.5) is 0 Å². The molecule has 1 aromatic carbocycles. The van der Waals surface area contributed by atoms with Gasteiger partial charge in [0.25, 0.3) is 0 Å². The first-order valence-electron chi connectivity index (χ1n) is 11.8. The number of nitrogens with two attached hydrogens (primary N) is 1. The van der Waals surface area contributed by atoms with Crippen LogP contribution < -0.4 is 15.8 Å². The van der Waals surface area contributed by atoms with E-state index in [1.807, 2.05) is 52.0 Å². The Morgan fingerprint density at radius 3 is 2.62 bits per heavy atom. The van der Waals surface area contributed by atoms with E-state index in [-0.39, 0.29) is 46.7 Å². The summed E-state index contributed by atoms with van der Waals surface area (Å²) >= 11 is 0. The fourth-order valence-electron chi connectivity index (χ4n) is 5.37. The normalized spacial score (nSPS) is 30.1. The molecule has 174 valence electrons. The van der Waals surface area contributed by atoms with Crippen LogP contribution in [-0.2, 0) is 9.59 Å². The molecule has 0 bridgehead atoms. The number of nitrogens with zero attached hydrogens (tertiary/aromatic N) is 2. The highest BCUT2D eigenvalue weighted by Crippen LogP contribution is 2.48. The maximum Gasteiger partial charge on any atom is 0.231 e. The van der Waals surface area contributed by atoms with E-state index in [1.54, 1.807) is 4.90 Å². The highest BCUT2D eigenvalue weighted by atomic mass is 16.5. The third-order valence-corrected chi connectivity index (χ3v) is 7.68. The Hall–Kier alpha value is -2.57. The van der Waals surface area contributed by atoms with Crippen LogP contribution in [0.15, 0.2) is 29.3 Å². The van der Waals surface area contributed by atoms with Gasteiger partial charge in [0.05, 0.1) is 18.0 Å². The van der Waals surface area contributed by atoms with Crippen molar-refractivity contribution in [3.05, 3.63) is 29.8 Å². The average molecular weight is 441 g/mol. The maximum absolute atomic E-state index is 13.2. The second-order valence-electron chi connectivity index (χ2n) is 10.3.